The molecular formula is C16H21NO2. The lowest BCUT2D eigenvalue weighted by molar-refractivity contribution is -0.127. The summed E-state index contributed by atoms with van der Waals surface area (Å²) in [5, 5.41) is 0. The van der Waals surface area contributed by atoms with Crippen molar-refractivity contribution in [2.24, 2.45) is 5.73 Å². The zero-order chi connectivity index (χ0) is 13.3. The van der Waals surface area contributed by atoms with Gasteiger partial charge in [-0.1, -0.05) is 37.1 Å². The molecule has 102 valence electrons. The Morgan fingerprint density at radius 3 is 2.84 bits per heavy atom. The third-order valence-electron chi connectivity index (χ3n) is 4.51. The zero-order valence-corrected chi connectivity index (χ0v) is 11.2. The SMILES string of the molecule is NC1(C(=O)CC2OCCc3ccccc32)CCCC1. The van der Waals surface area contributed by atoms with Gasteiger partial charge in [-0.25, -0.2) is 0 Å². The largest absolute Gasteiger partial charge is 0.373 e. The van der Waals surface area contributed by atoms with E-state index in [2.05, 4.69) is 12.1 Å². The Labute approximate surface area is 114 Å². The summed E-state index contributed by atoms with van der Waals surface area (Å²) in [7, 11) is 0. The summed E-state index contributed by atoms with van der Waals surface area (Å²) < 4.78 is 5.80. The number of nitrogens with two attached hydrogens (primary N) is 1. The van der Waals surface area contributed by atoms with Crippen LogP contribution in [0.2, 0.25) is 0 Å². The van der Waals surface area contributed by atoms with E-state index in [1.54, 1.807) is 0 Å². The van der Waals surface area contributed by atoms with Gasteiger partial charge < -0.3 is 10.5 Å². The molecule has 1 unspecified atom stereocenters. The molecule has 1 heterocycles. The molecular weight excluding hydrogens is 238 g/mol. The third kappa shape index (κ3) is 2.45. The van der Waals surface area contributed by atoms with Gasteiger partial charge in [-0.15, -0.1) is 0 Å². The summed E-state index contributed by atoms with van der Waals surface area (Å²) >= 11 is 0. The minimum Gasteiger partial charge on any atom is -0.373 e. The van der Waals surface area contributed by atoms with Crippen LogP contribution in [0.15, 0.2) is 24.3 Å². The van der Waals surface area contributed by atoms with Gasteiger partial charge in [-0.2, -0.15) is 0 Å². The minimum absolute atomic E-state index is 0.0986. The van der Waals surface area contributed by atoms with Gasteiger partial charge in [-0.05, 0) is 30.4 Å². The monoisotopic (exact) mass is 259 g/mol. The van der Waals surface area contributed by atoms with E-state index in [0.29, 0.717) is 13.0 Å². The van der Waals surface area contributed by atoms with Gasteiger partial charge in [0.1, 0.15) is 0 Å². The highest BCUT2D eigenvalue weighted by atomic mass is 16.5. The lowest BCUT2D eigenvalue weighted by Gasteiger charge is -2.29. The van der Waals surface area contributed by atoms with Crippen molar-refractivity contribution in [2.45, 2.75) is 50.2 Å². The first-order valence-electron chi connectivity index (χ1n) is 7.21. The summed E-state index contributed by atoms with van der Waals surface area (Å²) in [6, 6.07) is 8.26. The molecule has 1 fully saturated rings. The van der Waals surface area contributed by atoms with Gasteiger partial charge >= 0.3 is 0 Å². The van der Waals surface area contributed by atoms with Crippen LogP contribution in [0.25, 0.3) is 0 Å². The molecule has 0 aromatic heterocycles. The maximum absolute atomic E-state index is 12.4. The molecule has 1 aromatic carbocycles. The van der Waals surface area contributed by atoms with Crippen molar-refractivity contribution in [1.82, 2.24) is 0 Å². The standard InChI is InChI=1S/C16H21NO2/c17-16(8-3-4-9-16)15(18)11-14-13-6-2-1-5-12(13)7-10-19-14/h1-2,5-6,14H,3-4,7-11,17H2. The quantitative estimate of drug-likeness (QED) is 0.907. The van der Waals surface area contributed by atoms with Crippen molar-refractivity contribution < 1.29 is 9.53 Å². The summed E-state index contributed by atoms with van der Waals surface area (Å²) in [5.74, 6) is 0.173. The molecule has 1 aliphatic carbocycles. The number of benzene rings is 1. The van der Waals surface area contributed by atoms with Crippen molar-refractivity contribution in [2.75, 3.05) is 6.61 Å². The number of hydrogen-bond acceptors (Lipinski definition) is 3. The fourth-order valence-corrected chi connectivity index (χ4v) is 3.30. The number of ether oxygens (including phenoxy) is 1. The fraction of sp³-hybridized carbons (Fsp3) is 0.562. The van der Waals surface area contributed by atoms with Gasteiger partial charge in [0.15, 0.2) is 5.78 Å². The highest BCUT2D eigenvalue weighted by Crippen LogP contribution is 2.34. The van der Waals surface area contributed by atoms with Gasteiger partial charge in [0.25, 0.3) is 0 Å². The van der Waals surface area contributed by atoms with E-state index in [0.717, 1.165) is 32.1 Å². The summed E-state index contributed by atoms with van der Waals surface area (Å²) in [6.07, 6.45) is 5.08. The van der Waals surface area contributed by atoms with Gasteiger partial charge in [-0.3, -0.25) is 4.79 Å². The maximum Gasteiger partial charge on any atom is 0.155 e. The molecule has 0 bridgehead atoms. The fourth-order valence-electron chi connectivity index (χ4n) is 3.30. The van der Waals surface area contributed by atoms with Crippen LogP contribution in [-0.4, -0.2) is 17.9 Å². The van der Waals surface area contributed by atoms with Gasteiger partial charge in [0.05, 0.1) is 18.2 Å². The Hall–Kier alpha value is -1.19. The van der Waals surface area contributed by atoms with E-state index in [4.69, 9.17) is 10.5 Å². The van der Waals surface area contributed by atoms with Crippen molar-refractivity contribution in [3.63, 3.8) is 0 Å². The topological polar surface area (TPSA) is 52.3 Å². The van der Waals surface area contributed by atoms with Crippen molar-refractivity contribution in [1.29, 1.82) is 0 Å². The van der Waals surface area contributed by atoms with Crippen LogP contribution >= 0.6 is 0 Å². The van der Waals surface area contributed by atoms with E-state index < -0.39 is 5.54 Å². The molecule has 2 N–H and O–H groups in total. The highest BCUT2D eigenvalue weighted by molar-refractivity contribution is 5.89. The lowest BCUT2D eigenvalue weighted by Crippen LogP contribution is -2.46. The van der Waals surface area contributed by atoms with Crippen molar-refractivity contribution in [3.05, 3.63) is 35.4 Å². The third-order valence-corrected chi connectivity index (χ3v) is 4.51. The second kappa shape index (κ2) is 5.06. The zero-order valence-electron chi connectivity index (χ0n) is 11.2. The van der Waals surface area contributed by atoms with Crippen molar-refractivity contribution >= 4 is 5.78 Å². The number of rotatable bonds is 3. The average molecular weight is 259 g/mol. The molecule has 1 atom stereocenters. The number of Topliss-reactive ketones (excluding diaryl/α,β-unsaturated/α-hetero) is 1. The second-order valence-electron chi connectivity index (χ2n) is 5.80. The summed E-state index contributed by atoms with van der Waals surface area (Å²) in [5.41, 5.74) is 8.13. The highest BCUT2D eigenvalue weighted by Gasteiger charge is 2.38. The smallest absolute Gasteiger partial charge is 0.155 e. The van der Waals surface area contributed by atoms with Crippen LogP contribution in [0, 0.1) is 0 Å². The van der Waals surface area contributed by atoms with E-state index in [1.165, 1.54) is 11.1 Å². The van der Waals surface area contributed by atoms with Crippen LogP contribution in [0.4, 0.5) is 0 Å². The van der Waals surface area contributed by atoms with Gasteiger partial charge in [0.2, 0.25) is 0 Å². The molecule has 1 aliphatic heterocycles. The van der Waals surface area contributed by atoms with E-state index in [9.17, 15) is 4.79 Å². The van der Waals surface area contributed by atoms with Crippen LogP contribution in [0.1, 0.15) is 49.3 Å². The number of hydrogen-bond donors (Lipinski definition) is 1. The molecule has 0 spiro atoms. The summed E-state index contributed by atoms with van der Waals surface area (Å²) in [6.45, 7) is 0.701. The van der Waals surface area contributed by atoms with Crippen LogP contribution in [-0.2, 0) is 16.0 Å². The van der Waals surface area contributed by atoms with Gasteiger partial charge in [0, 0.05) is 6.42 Å². The molecule has 1 aromatic rings. The summed E-state index contributed by atoms with van der Waals surface area (Å²) in [4.78, 5) is 12.4. The molecule has 3 rings (SSSR count). The molecule has 2 aliphatic rings. The molecule has 3 nitrogen and oxygen atoms in total. The Balaban J connectivity index is 1.76. The van der Waals surface area contributed by atoms with Crippen LogP contribution < -0.4 is 5.73 Å². The predicted molar refractivity (Wildman–Crippen MR) is 73.8 cm³/mol. The Morgan fingerprint density at radius 2 is 2.05 bits per heavy atom. The molecule has 0 saturated heterocycles. The molecule has 3 heteroatoms. The Bertz CT molecular complexity index is 477. The first-order chi connectivity index (χ1) is 9.19. The first kappa shape index (κ1) is 12.8. The van der Waals surface area contributed by atoms with E-state index in [1.807, 2.05) is 12.1 Å². The van der Waals surface area contributed by atoms with Crippen LogP contribution in [0.5, 0.6) is 0 Å². The average Bonchev–Trinajstić information content (AvgIpc) is 2.87. The molecule has 0 radical (unpaired) electrons. The van der Waals surface area contributed by atoms with Crippen LogP contribution in [0.3, 0.4) is 0 Å². The first-order valence-corrected chi connectivity index (χ1v) is 7.21. The number of carbonyl (C=O) groups is 1. The van der Waals surface area contributed by atoms with E-state index >= 15 is 0 Å². The van der Waals surface area contributed by atoms with E-state index in [-0.39, 0.29) is 11.9 Å². The number of carbonyl (C=O) groups excluding carboxylic acids is 1. The number of ketones is 1. The molecule has 19 heavy (non-hydrogen) atoms. The Kier molecular flexibility index (Phi) is 3.42. The second-order valence-corrected chi connectivity index (χ2v) is 5.80. The normalized spacial score (nSPS) is 25.0. The Morgan fingerprint density at radius 1 is 1.32 bits per heavy atom. The molecule has 1 saturated carbocycles. The minimum atomic E-state index is -0.588. The van der Waals surface area contributed by atoms with Crippen molar-refractivity contribution in [3.8, 4) is 0 Å². The lowest BCUT2D eigenvalue weighted by atomic mass is 9.86. The number of fused-ring (bicyclic) bond motifs is 1. The molecule has 0 amide bonds. The maximum atomic E-state index is 12.4. The predicted octanol–water partition coefficient (Wildman–Crippen LogP) is 2.53.